The highest BCUT2D eigenvalue weighted by Crippen LogP contribution is 2.56. The summed E-state index contributed by atoms with van der Waals surface area (Å²) in [7, 11) is 0. The molecule has 0 bridgehead atoms. The van der Waals surface area contributed by atoms with Crippen molar-refractivity contribution in [3.8, 4) is 11.5 Å². The summed E-state index contributed by atoms with van der Waals surface area (Å²) in [6.45, 7) is 0. The van der Waals surface area contributed by atoms with Crippen molar-refractivity contribution in [1.82, 2.24) is 0 Å². The average Bonchev–Trinajstić information content (AvgIpc) is 3.23. The van der Waals surface area contributed by atoms with Crippen molar-refractivity contribution in [2.45, 2.75) is 28.9 Å². The van der Waals surface area contributed by atoms with Crippen molar-refractivity contribution in [2.75, 3.05) is 10.2 Å². The standard InChI is InChI=1S/C18H12F2N2O4S/c19-18(20)25-12-6-5-10(9-13(12)26-18)21-16(24)17-8-7-15(23)22(17)11-3-1-2-4-14(11)27-17/h1-6,9H,7-8H2,(H,21,24). The van der Waals surface area contributed by atoms with E-state index in [1.807, 2.05) is 24.3 Å². The Hall–Kier alpha value is -2.81. The molecule has 1 saturated heterocycles. The summed E-state index contributed by atoms with van der Waals surface area (Å²) in [6, 6.07) is 11.4. The number of carbonyl (C=O) groups excluding carboxylic acids is 2. The molecular weight excluding hydrogens is 378 g/mol. The summed E-state index contributed by atoms with van der Waals surface area (Å²) in [4.78, 5) is 26.8. The number of para-hydroxylation sites is 1. The number of alkyl halides is 2. The van der Waals surface area contributed by atoms with Gasteiger partial charge in [0.1, 0.15) is 0 Å². The molecule has 1 unspecified atom stereocenters. The minimum atomic E-state index is -3.72. The summed E-state index contributed by atoms with van der Waals surface area (Å²) in [5, 5.41) is 2.72. The highest BCUT2D eigenvalue weighted by Gasteiger charge is 2.57. The normalized spacial score (nSPS) is 23.9. The fraction of sp³-hybridized carbons (Fsp3) is 0.222. The van der Waals surface area contributed by atoms with E-state index in [9.17, 15) is 18.4 Å². The zero-order chi connectivity index (χ0) is 18.8. The van der Waals surface area contributed by atoms with E-state index in [2.05, 4.69) is 14.8 Å². The van der Waals surface area contributed by atoms with Gasteiger partial charge in [-0.25, -0.2) is 0 Å². The van der Waals surface area contributed by atoms with Crippen molar-refractivity contribution in [3.63, 3.8) is 0 Å². The molecule has 2 aromatic carbocycles. The predicted octanol–water partition coefficient (Wildman–Crippen LogP) is 3.58. The SMILES string of the molecule is O=C1CCC2(C(=O)Nc3ccc4c(c3)OC(F)(F)O4)Sc3ccccc3N12. The summed E-state index contributed by atoms with van der Waals surface area (Å²) >= 11 is 1.33. The van der Waals surface area contributed by atoms with Gasteiger partial charge in [0.2, 0.25) is 5.91 Å². The molecule has 0 radical (unpaired) electrons. The van der Waals surface area contributed by atoms with Gasteiger partial charge in [-0.2, -0.15) is 0 Å². The number of nitrogens with one attached hydrogen (secondary N) is 1. The molecule has 6 nitrogen and oxygen atoms in total. The summed E-state index contributed by atoms with van der Waals surface area (Å²) < 4.78 is 35.1. The van der Waals surface area contributed by atoms with E-state index in [1.54, 1.807) is 0 Å². The van der Waals surface area contributed by atoms with E-state index >= 15 is 0 Å². The van der Waals surface area contributed by atoms with E-state index in [0.29, 0.717) is 12.1 Å². The fourth-order valence-electron chi connectivity index (χ4n) is 3.55. The summed E-state index contributed by atoms with van der Waals surface area (Å²) in [5.41, 5.74) is 0.996. The van der Waals surface area contributed by atoms with Crippen LogP contribution >= 0.6 is 11.8 Å². The van der Waals surface area contributed by atoms with Gasteiger partial charge in [-0.15, -0.1) is 8.78 Å². The van der Waals surface area contributed by atoms with Gasteiger partial charge in [-0.3, -0.25) is 14.5 Å². The van der Waals surface area contributed by atoms with Gasteiger partial charge in [-0.1, -0.05) is 23.9 Å². The van der Waals surface area contributed by atoms with Crippen LogP contribution in [0.1, 0.15) is 12.8 Å². The minimum absolute atomic E-state index is 0.100. The summed E-state index contributed by atoms with van der Waals surface area (Å²) in [6.07, 6.45) is -3.09. The molecule has 0 spiro atoms. The molecule has 0 aliphatic carbocycles. The van der Waals surface area contributed by atoms with E-state index in [-0.39, 0.29) is 35.4 Å². The second-order valence-corrected chi connectivity index (χ2v) is 7.69. The molecule has 9 heteroatoms. The second kappa shape index (κ2) is 5.35. The van der Waals surface area contributed by atoms with Crippen LogP contribution in [-0.4, -0.2) is 23.0 Å². The number of nitrogens with zero attached hydrogens (tertiary/aromatic N) is 1. The molecule has 1 fully saturated rings. The van der Waals surface area contributed by atoms with Crippen LogP contribution in [0.3, 0.4) is 0 Å². The molecule has 3 aliphatic heterocycles. The zero-order valence-electron chi connectivity index (χ0n) is 13.7. The van der Waals surface area contributed by atoms with Gasteiger partial charge in [0.25, 0.3) is 5.91 Å². The van der Waals surface area contributed by atoms with E-state index < -0.39 is 11.2 Å². The Bertz CT molecular complexity index is 999. The van der Waals surface area contributed by atoms with Gasteiger partial charge in [0.05, 0.1) is 5.69 Å². The first kappa shape index (κ1) is 16.4. The fourth-order valence-corrected chi connectivity index (χ4v) is 4.97. The highest BCUT2D eigenvalue weighted by atomic mass is 32.2. The Morgan fingerprint density at radius 1 is 1.15 bits per heavy atom. The molecule has 1 N–H and O–H groups in total. The molecule has 138 valence electrons. The average molecular weight is 390 g/mol. The third kappa shape index (κ3) is 2.38. The smallest absolute Gasteiger partial charge is 0.395 e. The number of thioether (sulfide) groups is 1. The Balaban J connectivity index is 1.45. The number of carbonyl (C=O) groups is 2. The maximum atomic E-state index is 13.2. The number of rotatable bonds is 2. The molecule has 3 aliphatic rings. The third-order valence-electron chi connectivity index (χ3n) is 4.69. The second-order valence-electron chi connectivity index (χ2n) is 6.37. The van der Waals surface area contributed by atoms with Crippen LogP contribution in [0.5, 0.6) is 11.5 Å². The Labute approximate surface area is 156 Å². The number of halogens is 2. The van der Waals surface area contributed by atoms with E-state index in [0.717, 1.165) is 4.90 Å². The monoisotopic (exact) mass is 390 g/mol. The number of fused-ring (bicyclic) bond motifs is 4. The Morgan fingerprint density at radius 3 is 2.78 bits per heavy atom. The lowest BCUT2D eigenvalue weighted by Crippen LogP contribution is -2.49. The van der Waals surface area contributed by atoms with Crippen molar-refractivity contribution >= 4 is 35.0 Å². The van der Waals surface area contributed by atoms with Crippen molar-refractivity contribution in [3.05, 3.63) is 42.5 Å². The molecule has 5 rings (SSSR count). The lowest BCUT2D eigenvalue weighted by molar-refractivity contribution is -0.286. The topological polar surface area (TPSA) is 67.9 Å². The van der Waals surface area contributed by atoms with Crippen LogP contribution in [0.25, 0.3) is 0 Å². The van der Waals surface area contributed by atoms with Gasteiger partial charge >= 0.3 is 6.29 Å². The number of amides is 2. The van der Waals surface area contributed by atoms with E-state index in [4.69, 9.17) is 0 Å². The molecule has 3 heterocycles. The Morgan fingerprint density at radius 2 is 1.93 bits per heavy atom. The molecule has 2 aromatic rings. The first-order valence-corrected chi connectivity index (χ1v) is 9.02. The van der Waals surface area contributed by atoms with Crippen molar-refractivity contribution in [1.29, 1.82) is 0 Å². The van der Waals surface area contributed by atoms with Gasteiger partial charge in [0.15, 0.2) is 16.4 Å². The van der Waals surface area contributed by atoms with Crippen LogP contribution in [0, 0.1) is 0 Å². The molecule has 2 amide bonds. The lowest BCUT2D eigenvalue weighted by atomic mass is 10.1. The quantitative estimate of drug-likeness (QED) is 0.849. The van der Waals surface area contributed by atoms with Gasteiger partial charge in [0, 0.05) is 23.1 Å². The Kier molecular flexibility index (Phi) is 3.24. The molecule has 27 heavy (non-hydrogen) atoms. The van der Waals surface area contributed by atoms with Gasteiger partial charge in [-0.05, 0) is 30.7 Å². The first-order chi connectivity index (χ1) is 12.9. The number of anilines is 2. The third-order valence-corrected chi connectivity index (χ3v) is 6.16. The first-order valence-electron chi connectivity index (χ1n) is 8.20. The van der Waals surface area contributed by atoms with Crippen LogP contribution < -0.4 is 19.7 Å². The predicted molar refractivity (Wildman–Crippen MR) is 93.0 cm³/mol. The number of hydrogen-bond acceptors (Lipinski definition) is 5. The largest absolute Gasteiger partial charge is 0.586 e. The lowest BCUT2D eigenvalue weighted by Gasteiger charge is -2.29. The molecule has 1 atom stereocenters. The van der Waals surface area contributed by atoms with Crippen LogP contribution in [0.15, 0.2) is 47.4 Å². The maximum Gasteiger partial charge on any atom is 0.586 e. The van der Waals surface area contributed by atoms with Crippen molar-refractivity contribution in [2.24, 2.45) is 0 Å². The zero-order valence-corrected chi connectivity index (χ0v) is 14.5. The molecular formula is C18H12F2N2O4S. The van der Waals surface area contributed by atoms with Crippen LogP contribution in [-0.2, 0) is 9.59 Å². The number of ether oxygens (including phenoxy) is 2. The number of benzene rings is 2. The van der Waals surface area contributed by atoms with Gasteiger partial charge < -0.3 is 14.8 Å². The molecule has 0 saturated carbocycles. The summed E-state index contributed by atoms with van der Waals surface area (Å²) in [5.74, 6) is -0.762. The minimum Gasteiger partial charge on any atom is -0.395 e. The van der Waals surface area contributed by atoms with Crippen LogP contribution in [0.4, 0.5) is 20.2 Å². The van der Waals surface area contributed by atoms with Crippen LogP contribution in [0.2, 0.25) is 0 Å². The number of hydrogen-bond donors (Lipinski definition) is 1. The van der Waals surface area contributed by atoms with Crippen molar-refractivity contribution < 1.29 is 27.8 Å². The van der Waals surface area contributed by atoms with E-state index in [1.165, 1.54) is 34.9 Å². The highest BCUT2D eigenvalue weighted by molar-refractivity contribution is 8.02. The molecule has 0 aromatic heterocycles. The maximum absolute atomic E-state index is 13.2.